The lowest BCUT2D eigenvalue weighted by Crippen LogP contribution is -2.23. The number of benzene rings is 1. The van der Waals surface area contributed by atoms with Crippen LogP contribution < -0.4 is 11.5 Å². The third-order valence-corrected chi connectivity index (χ3v) is 2.90. The molecular weight excluding hydrogens is 348 g/mol. The molecule has 0 amide bonds. The van der Waals surface area contributed by atoms with E-state index in [1.165, 1.54) is 10.9 Å². The van der Waals surface area contributed by atoms with Gasteiger partial charge in [-0.05, 0) is 30.2 Å². The summed E-state index contributed by atoms with van der Waals surface area (Å²) in [7, 11) is 0. The quantitative estimate of drug-likeness (QED) is 0.579. The second kappa shape index (κ2) is 6.07. The number of hydrogen-bond acceptors (Lipinski definition) is 1. The van der Waals surface area contributed by atoms with E-state index in [4.69, 9.17) is 11.5 Å². The second-order valence-corrected chi connectivity index (χ2v) is 4.48. The summed E-state index contributed by atoms with van der Waals surface area (Å²) in [5, 5.41) is 1.21. The standard InChI is InChI=1S/C11H13BrN4.BrH/c12-8-1-2-10-9(5-8)7(6-16-10)3-4-15-11(13)14;/h1-2,5-6,16H,3-4H2,(H4,13,14,15);1H. The zero-order valence-electron chi connectivity index (χ0n) is 9.11. The molecule has 1 aromatic carbocycles. The van der Waals surface area contributed by atoms with Crippen molar-refractivity contribution in [3.63, 3.8) is 0 Å². The first-order valence-electron chi connectivity index (χ1n) is 4.98. The minimum atomic E-state index is 0. The highest BCUT2D eigenvalue weighted by atomic mass is 79.9. The molecule has 2 rings (SSSR count). The summed E-state index contributed by atoms with van der Waals surface area (Å²) in [6.07, 6.45) is 2.83. The molecule has 0 unspecified atom stereocenters. The first kappa shape index (κ1) is 14.1. The number of fused-ring (bicyclic) bond motifs is 1. The van der Waals surface area contributed by atoms with Gasteiger partial charge in [-0.15, -0.1) is 17.0 Å². The van der Waals surface area contributed by atoms with E-state index in [1.807, 2.05) is 18.3 Å². The highest BCUT2D eigenvalue weighted by Crippen LogP contribution is 2.22. The number of aromatic nitrogens is 1. The van der Waals surface area contributed by atoms with E-state index in [2.05, 4.69) is 32.0 Å². The van der Waals surface area contributed by atoms with Gasteiger partial charge in [-0.25, -0.2) is 0 Å². The number of nitrogens with zero attached hydrogens (tertiary/aromatic N) is 1. The zero-order valence-corrected chi connectivity index (χ0v) is 12.4. The fourth-order valence-electron chi connectivity index (χ4n) is 1.66. The Morgan fingerprint density at radius 2 is 2.12 bits per heavy atom. The zero-order chi connectivity index (χ0) is 11.5. The molecule has 0 radical (unpaired) electrons. The molecule has 4 nitrogen and oxygen atoms in total. The lowest BCUT2D eigenvalue weighted by atomic mass is 10.1. The molecule has 0 saturated heterocycles. The van der Waals surface area contributed by atoms with Crippen molar-refractivity contribution in [2.45, 2.75) is 6.42 Å². The number of hydrogen-bond donors (Lipinski definition) is 3. The molecule has 0 fully saturated rings. The molecule has 92 valence electrons. The SMILES string of the molecule is Br.NC(N)=NCCc1c[nH]c2ccc(Br)cc12. The smallest absolute Gasteiger partial charge is 0.185 e. The molecular formula is C11H14Br2N4. The predicted molar refractivity (Wildman–Crippen MR) is 80.7 cm³/mol. The first-order valence-corrected chi connectivity index (χ1v) is 5.77. The summed E-state index contributed by atoms with van der Waals surface area (Å²) < 4.78 is 1.07. The van der Waals surface area contributed by atoms with Crippen molar-refractivity contribution in [1.29, 1.82) is 0 Å². The molecule has 0 aliphatic heterocycles. The first-order chi connectivity index (χ1) is 7.66. The summed E-state index contributed by atoms with van der Waals surface area (Å²) in [6.45, 7) is 0.613. The number of nitrogens with one attached hydrogen (secondary N) is 1. The molecule has 0 saturated carbocycles. The topological polar surface area (TPSA) is 80.2 Å². The Balaban J connectivity index is 0.00000144. The maximum absolute atomic E-state index is 5.28. The van der Waals surface area contributed by atoms with E-state index in [9.17, 15) is 0 Å². The molecule has 17 heavy (non-hydrogen) atoms. The Morgan fingerprint density at radius 3 is 2.82 bits per heavy atom. The highest BCUT2D eigenvalue weighted by Gasteiger charge is 2.03. The molecule has 1 aromatic heterocycles. The normalized spacial score (nSPS) is 9.94. The van der Waals surface area contributed by atoms with E-state index in [0.717, 1.165) is 16.4 Å². The average Bonchev–Trinajstić information content (AvgIpc) is 2.60. The van der Waals surface area contributed by atoms with Crippen molar-refractivity contribution in [3.05, 3.63) is 34.4 Å². The maximum atomic E-state index is 5.28. The third-order valence-electron chi connectivity index (χ3n) is 2.40. The summed E-state index contributed by atoms with van der Waals surface area (Å²) in [5.41, 5.74) is 12.9. The number of halogens is 2. The van der Waals surface area contributed by atoms with Gasteiger partial charge >= 0.3 is 0 Å². The van der Waals surface area contributed by atoms with Gasteiger partial charge in [0.05, 0.1) is 0 Å². The Bertz CT molecular complexity index is 529. The summed E-state index contributed by atoms with van der Waals surface area (Å²) in [4.78, 5) is 7.20. The maximum Gasteiger partial charge on any atom is 0.185 e. The van der Waals surface area contributed by atoms with Crippen molar-refractivity contribution in [1.82, 2.24) is 4.98 Å². The molecule has 1 heterocycles. The van der Waals surface area contributed by atoms with Crippen LogP contribution in [0, 0.1) is 0 Å². The van der Waals surface area contributed by atoms with Crippen LogP contribution in [0.5, 0.6) is 0 Å². The number of nitrogens with two attached hydrogens (primary N) is 2. The summed E-state index contributed by atoms with van der Waals surface area (Å²) in [5.74, 6) is 0.140. The van der Waals surface area contributed by atoms with Gasteiger partial charge in [-0.1, -0.05) is 15.9 Å². The van der Waals surface area contributed by atoms with Crippen molar-refractivity contribution >= 4 is 49.8 Å². The van der Waals surface area contributed by atoms with E-state index < -0.39 is 0 Å². The fourth-order valence-corrected chi connectivity index (χ4v) is 2.02. The van der Waals surface area contributed by atoms with E-state index in [-0.39, 0.29) is 22.9 Å². The van der Waals surface area contributed by atoms with Crippen LogP contribution in [0.3, 0.4) is 0 Å². The number of aliphatic imine (C=N–C) groups is 1. The molecule has 0 bridgehead atoms. The van der Waals surface area contributed by atoms with Crippen molar-refractivity contribution in [2.75, 3.05) is 6.54 Å². The number of rotatable bonds is 3. The van der Waals surface area contributed by atoms with E-state index in [0.29, 0.717) is 6.54 Å². The third kappa shape index (κ3) is 3.47. The second-order valence-electron chi connectivity index (χ2n) is 3.56. The van der Waals surface area contributed by atoms with Gasteiger partial charge in [0, 0.05) is 28.1 Å². The molecule has 2 aromatic rings. The molecule has 0 aliphatic rings. The summed E-state index contributed by atoms with van der Waals surface area (Å²) >= 11 is 3.46. The number of H-pyrrole nitrogens is 1. The minimum Gasteiger partial charge on any atom is -0.370 e. The van der Waals surface area contributed by atoms with Crippen LogP contribution in [0.15, 0.2) is 33.9 Å². The lowest BCUT2D eigenvalue weighted by molar-refractivity contribution is 0.969. The van der Waals surface area contributed by atoms with Crippen LogP contribution in [-0.2, 0) is 6.42 Å². The van der Waals surface area contributed by atoms with Gasteiger partial charge in [0.25, 0.3) is 0 Å². The van der Waals surface area contributed by atoms with Gasteiger partial charge in [0.15, 0.2) is 5.96 Å². The Morgan fingerprint density at radius 1 is 1.35 bits per heavy atom. The molecule has 0 aliphatic carbocycles. The minimum absolute atomic E-state index is 0. The van der Waals surface area contributed by atoms with E-state index in [1.54, 1.807) is 0 Å². The molecule has 0 atom stereocenters. The number of aromatic amines is 1. The van der Waals surface area contributed by atoms with E-state index >= 15 is 0 Å². The molecule has 0 spiro atoms. The Labute approximate surface area is 118 Å². The number of guanidine groups is 1. The van der Waals surface area contributed by atoms with Crippen molar-refractivity contribution in [2.24, 2.45) is 16.5 Å². The van der Waals surface area contributed by atoms with Gasteiger partial charge < -0.3 is 16.5 Å². The van der Waals surface area contributed by atoms with Crippen LogP contribution in [-0.4, -0.2) is 17.5 Å². The summed E-state index contributed by atoms with van der Waals surface area (Å²) in [6, 6.07) is 6.15. The van der Waals surface area contributed by atoms with Crippen molar-refractivity contribution < 1.29 is 0 Å². The average molecular weight is 362 g/mol. The Hall–Kier alpha value is -1.01. The molecule has 5 N–H and O–H groups in total. The van der Waals surface area contributed by atoms with Gasteiger partial charge in [-0.2, -0.15) is 0 Å². The van der Waals surface area contributed by atoms with Gasteiger partial charge in [0.2, 0.25) is 0 Å². The lowest BCUT2D eigenvalue weighted by Gasteiger charge is -1.97. The fraction of sp³-hybridized carbons (Fsp3) is 0.182. The van der Waals surface area contributed by atoms with Crippen LogP contribution in [0.2, 0.25) is 0 Å². The van der Waals surface area contributed by atoms with Gasteiger partial charge in [0.1, 0.15) is 0 Å². The monoisotopic (exact) mass is 360 g/mol. The van der Waals surface area contributed by atoms with Crippen LogP contribution in [0.25, 0.3) is 10.9 Å². The molecule has 6 heteroatoms. The largest absolute Gasteiger partial charge is 0.370 e. The highest BCUT2D eigenvalue weighted by molar-refractivity contribution is 9.10. The van der Waals surface area contributed by atoms with Crippen molar-refractivity contribution in [3.8, 4) is 0 Å². The van der Waals surface area contributed by atoms with Crippen LogP contribution >= 0.6 is 32.9 Å². The van der Waals surface area contributed by atoms with Gasteiger partial charge in [-0.3, -0.25) is 4.99 Å². The predicted octanol–water partition coefficient (Wildman–Crippen LogP) is 2.32. The van der Waals surface area contributed by atoms with Crippen LogP contribution in [0.4, 0.5) is 0 Å². The van der Waals surface area contributed by atoms with Crippen LogP contribution in [0.1, 0.15) is 5.56 Å². The Kier molecular flexibility index (Phi) is 5.02.